The van der Waals surface area contributed by atoms with E-state index in [1.807, 2.05) is 30.4 Å². The number of ether oxygens (including phenoxy) is 2. The Labute approximate surface area is 424 Å². The van der Waals surface area contributed by atoms with Gasteiger partial charge in [0.2, 0.25) is 29.5 Å². The minimum atomic E-state index is -0.992. The summed E-state index contributed by atoms with van der Waals surface area (Å²) in [6.07, 6.45) is 16.0. The number of aryl methyl sites for hydroxylation is 1. The van der Waals surface area contributed by atoms with Crippen LogP contribution in [0.3, 0.4) is 0 Å². The Morgan fingerprint density at radius 3 is 2.35 bits per heavy atom. The normalized spacial score (nSPS) is 24.6. The van der Waals surface area contributed by atoms with Gasteiger partial charge in [0, 0.05) is 34.4 Å². The molecule has 18 heteroatoms. The predicted octanol–water partition coefficient (Wildman–Crippen LogP) is 6.30. The highest BCUT2D eigenvalue weighted by atomic mass is 127. The molecule has 0 radical (unpaired) electrons. The van der Waals surface area contributed by atoms with Crippen molar-refractivity contribution in [2.45, 2.75) is 144 Å². The molecule has 0 heterocycles. The fourth-order valence-electron chi connectivity index (χ4n) is 10.8. The van der Waals surface area contributed by atoms with E-state index in [2.05, 4.69) is 74.4 Å². The van der Waals surface area contributed by atoms with Crippen molar-refractivity contribution >= 4 is 76.8 Å². The number of phenols is 1. The molecule has 6 rings (SSSR count). The van der Waals surface area contributed by atoms with E-state index in [-0.39, 0.29) is 53.1 Å². The van der Waals surface area contributed by atoms with Gasteiger partial charge < -0.3 is 47.3 Å². The van der Waals surface area contributed by atoms with Crippen molar-refractivity contribution in [3.05, 3.63) is 83.5 Å². The molecule has 2 fully saturated rings. The summed E-state index contributed by atoms with van der Waals surface area (Å²) < 4.78 is 14.3. The number of halogens is 1. The molecule has 69 heavy (non-hydrogen) atoms. The maximum absolute atomic E-state index is 14.0. The number of phenolic OH excluding ortho intramolecular Hbond substituents is 1. The number of nitrogens with one attached hydrogen (secondary N) is 5. The van der Waals surface area contributed by atoms with Crippen LogP contribution in [0.4, 0.5) is 10.5 Å². The Balaban J connectivity index is 0.985. The molecule has 8 unspecified atom stereocenters. The van der Waals surface area contributed by atoms with Crippen LogP contribution in [-0.4, -0.2) is 82.0 Å². The zero-order valence-electron chi connectivity index (χ0n) is 39.5. The molecule has 0 aromatic heterocycles. The third-order valence-corrected chi connectivity index (χ3v) is 16.3. The number of carbonyl (C=O) groups excluding carboxylic acids is 6. The molecule has 16 nitrogen and oxygen atoms in total. The second kappa shape index (κ2) is 26.0. The zero-order chi connectivity index (χ0) is 49.5. The van der Waals surface area contributed by atoms with Gasteiger partial charge in [0.1, 0.15) is 30.5 Å². The third kappa shape index (κ3) is 14.9. The number of alkyl halides is 1. The summed E-state index contributed by atoms with van der Waals surface area (Å²) in [5.74, 6) is -0.594. The van der Waals surface area contributed by atoms with Crippen LogP contribution in [0.25, 0.3) is 0 Å². The number of primary amides is 1. The molecule has 0 aliphatic heterocycles. The highest BCUT2D eigenvalue weighted by Crippen LogP contribution is 2.61. The van der Waals surface area contributed by atoms with Crippen molar-refractivity contribution in [2.75, 3.05) is 18.4 Å². The molecule has 2 aromatic rings. The Morgan fingerprint density at radius 2 is 1.61 bits per heavy atom. The summed E-state index contributed by atoms with van der Waals surface area (Å²) in [5, 5.41) is 21.4. The number of unbranched alkanes of at least 4 members (excludes halogenated alkanes) is 2. The van der Waals surface area contributed by atoms with Crippen LogP contribution in [0.2, 0.25) is 0 Å². The summed E-state index contributed by atoms with van der Waals surface area (Å²) in [6.45, 7) is 3.03. The van der Waals surface area contributed by atoms with Crippen molar-refractivity contribution < 1.29 is 43.3 Å². The number of nitrogens with two attached hydrogens (primary N) is 2. The number of rotatable bonds is 24. The highest BCUT2D eigenvalue weighted by molar-refractivity contribution is 14.1. The average Bonchev–Trinajstić information content (AvgIpc) is 3.66. The number of allylic oxidation sites excluding steroid dienone is 4. The van der Waals surface area contributed by atoms with Crippen LogP contribution < -0.4 is 37.5 Å². The molecule has 2 saturated carbocycles. The number of hydrogen-bond donors (Lipinski definition) is 9. The third-order valence-electron chi connectivity index (χ3n) is 14.7. The first-order valence-corrected chi connectivity index (χ1v) is 26.2. The van der Waals surface area contributed by atoms with Gasteiger partial charge in [0.05, 0.1) is 6.04 Å². The first kappa shape index (κ1) is 53.7. The Morgan fingerprint density at radius 1 is 0.870 bits per heavy atom. The lowest BCUT2D eigenvalue weighted by Crippen LogP contribution is -2.53. The molecule has 0 bridgehead atoms. The Bertz CT molecular complexity index is 2180. The number of benzene rings is 2. The van der Waals surface area contributed by atoms with Gasteiger partial charge >= 0.3 is 6.16 Å². The number of anilines is 1. The van der Waals surface area contributed by atoms with Crippen LogP contribution >= 0.6 is 35.4 Å². The van der Waals surface area contributed by atoms with Gasteiger partial charge in [-0.1, -0.05) is 84.8 Å². The zero-order valence-corrected chi connectivity index (χ0v) is 42.5. The molecular formula is C51H70IN7O9S. The van der Waals surface area contributed by atoms with Gasteiger partial charge in [0.15, 0.2) is 0 Å². The van der Waals surface area contributed by atoms with Gasteiger partial charge in [0.25, 0.3) is 0 Å². The first-order chi connectivity index (χ1) is 33.2. The Kier molecular flexibility index (Phi) is 20.2. The van der Waals surface area contributed by atoms with Gasteiger partial charge in [-0.15, -0.1) is 0 Å². The number of carbonyl (C=O) groups is 6. The van der Waals surface area contributed by atoms with Crippen LogP contribution in [0.15, 0.2) is 66.8 Å². The summed E-state index contributed by atoms with van der Waals surface area (Å²) in [5.41, 5.74) is 14.8. The number of thiol groups is 1. The molecule has 376 valence electrons. The maximum atomic E-state index is 14.0. The number of aromatic hydroxyl groups is 1. The van der Waals surface area contributed by atoms with Crippen LogP contribution in [0.5, 0.6) is 5.75 Å². The highest BCUT2D eigenvalue weighted by Gasteiger charge is 2.56. The van der Waals surface area contributed by atoms with Gasteiger partial charge in [-0.05, 0) is 155 Å². The van der Waals surface area contributed by atoms with Crippen molar-refractivity contribution in [1.29, 1.82) is 0 Å². The van der Waals surface area contributed by atoms with E-state index in [0.29, 0.717) is 86.4 Å². The van der Waals surface area contributed by atoms with E-state index in [1.165, 1.54) is 11.1 Å². The fraction of sp³-hybridized carbons (Fsp3) is 0.569. The summed E-state index contributed by atoms with van der Waals surface area (Å²) in [7, 11) is 0. The fourth-order valence-corrected chi connectivity index (χ4v) is 11.9. The van der Waals surface area contributed by atoms with Crippen molar-refractivity contribution in [3.63, 3.8) is 0 Å². The van der Waals surface area contributed by atoms with Crippen molar-refractivity contribution in [3.8, 4) is 5.75 Å². The lowest BCUT2D eigenvalue weighted by molar-refractivity contribution is -0.132. The lowest BCUT2D eigenvalue weighted by Gasteiger charge is -2.50. The average molecular weight is 1080 g/mol. The minimum Gasteiger partial charge on any atom is -0.508 e. The SMILES string of the molecule is CC12CCC3c4ccc(O)cc4CCC3C1CCC2OC(=O)OCc1ccc(NC(=O)C(CCCCN)NC(=O)C(CC2C=CC=C[C@H]2I)NC(=O)CCC(=O)NCCCC[C@H](NS)C(N)=O)cc1. The maximum Gasteiger partial charge on any atom is 0.508 e. The molecule has 0 saturated heterocycles. The summed E-state index contributed by atoms with van der Waals surface area (Å²) >= 11 is 6.20. The lowest BCUT2D eigenvalue weighted by atomic mass is 9.55. The second-order valence-electron chi connectivity index (χ2n) is 19.3. The number of hydrogen-bond acceptors (Lipinski definition) is 12. The van der Waals surface area contributed by atoms with E-state index < -0.39 is 47.9 Å². The molecule has 0 spiro atoms. The summed E-state index contributed by atoms with van der Waals surface area (Å²) in [6, 6.07) is 10.2. The largest absolute Gasteiger partial charge is 0.508 e. The van der Waals surface area contributed by atoms with E-state index >= 15 is 0 Å². The molecule has 4 aliphatic rings. The van der Waals surface area contributed by atoms with E-state index in [9.17, 15) is 33.9 Å². The van der Waals surface area contributed by atoms with Crippen LogP contribution in [-0.2, 0) is 46.5 Å². The Hall–Kier alpha value is -4.66. The van der Waals surface area contributed by atoms with Crippen molar-refractivity contribution in [1.82, 2.24) is 20.7 Å². The molecular weight excluding hydrogens is 1010 g/mol. The smallest absolute Gasteiger partial charge is 0.508 e. The monoisotopic (exact) mass is 1080 g/mol. The second-order valence-corrected chi connectivity index (χ2v) is 21.0. The number of fused-ring (bicyclic) bond motifs is 5. The molecule has 2 aromatic carbocycles. The summed E-state index contributed by atoms with van der Waals surface area (Å²) in [4.78, 5) is 78.1. The molecule has 4 aliphatic carbocycles. The van der Waals surface area contributed by atoms with Gasteiger partial charge in [-0.25, -0.2) is 4.79 Å². The van der Waals surface area contributed by atoms with E-state index in [4.69, 9.17) is 20.9 Å². The number of amides is 5. The van der Waals surface area contributed by atoms with E-state index in [1.54, 1.807) is 30.3 Å². The molecule has 10 N–H and O–H groups in total. The standard InChI is InChI=1S/C51H70IN7O9S/c1-51-25-24-37-36-19-17-35(60)28-32(36)14-18-38(37)39(51)20-21-44(51)68-50(66)67-30-31-12-15-34(16-13-31)56-48(64)42(11-4-6-26-53)58-49(65)43(29-33-8-2-3-9-40(33)52)57-46(62)23-22-45(61)55-27-7-5-10-41(59-69)47(54)63/h2-3,8-9,12-13,15-17,19,28,33,37-44,59-60,69H,4-7,10-11,14,18,20-27,29-30,53H2,1H3,(H2,54,63)(H,55,61)(H,56,64)(H,57,62)(H,58,65)/t33?,37?,38?,39?,40-,41+,42?,43?,44?,51?/m1/s1. The quantitative estimate of drug-likeness (QED) is 0.0186. The van der Waals surface area contributed by atoms with Gasteiger partial charge in [-0.2, -0.15) is 0 Å². The topological polar surface area (TPSA) is 253 Å². The van der Waals surface area contributed by atoms with Crippen LogP contribution in [0, 0.1) is 23.2 Å². The minimum absolute atomic E-state index is 0.0109. The van der Waals surface area contributed by atoms with E-state index in [0.717, 1.165) is 38.5 Å². The molecule has 5 amide bonds. The predicted molar refractivity (Wildman–Crippen MR) is 275 cm³/mol. The van der Waals surface area contributed by atoms with Crippen molar-refractivity contribution in [2.24, 2.45) is 34.6 Å². The molecule has 10 atom stereocenters. The van der Waals surface area contributed by atoms with Crippen LogP contribution in [0.1, 0.15) is 119 Å². The first-order valence-electron chi connectivity index (χ1n) is 24.5. The van der Waals surface area contributed by atoms with Gasteiger partial charge in [-0.3, -0.25) is 28.7 Å².